The summed E-state index contributed by atoms with van der Waals surface area (Å²) in [5.74, 6) is 2.84. The SMILES string of the molecule is CCCNCc1ccc(OCCCSC)c(OCC)c1. The fraction of sp³-hybridized carbons (Fsp3) is 0.625. The van der Waals surface area contributed by atoms with Crippen molar-refractivity contribution in [1.82, 2.24) is 5.32 Å². The van der Waals surface area contributed by atoms with Crippen LogP contribution in [0.15, 0.2) is 18.2 Å². The van der Waals surface area contributed by atoms with E-state index in [1.165, 1.54) is 5.56 Å². The van der Waals surface area contributed by atoms with Gasteiger partial charge >= 0.3 is 0 Å². The smallest absolute Gasteiger partial charge is 0.161 e. The van der Waals surface area contributed by atoms with E-state index in [0.717, 1.165) is 49.8 Å². The molecule has 20 heavy (non-hydrogen) atoms. The molecular formula is C16H27NO2S. The topological polar surface area (TPSA) is 30.5 Å². The summed E-state index contributed by atoms with van der Waals surface area (Å²) in [7, 11) is 0. The fourth-order valence-corrected chi connectivity index (χ4v) is 2.25. The highest BCUT2D eigenvalue weighted by molar-refractivity contribution is 7.98. The summed E-state index contributed by atoms with van der Waals surface area (Å²) < 4.78 is 11.5. The van der Waals surface area contributed by atoms with Crippen LogP contribution in [0.4, 0.5) is 0 Å². The second-order valence-electron chi connectivity index (χ2n) is 4.59. The van der Waals surface area contributed by atoms with Gasteiger partial charge in [0.2, 0.25) is 0 Å². The second kappa shape index (κ2) is 10.9. The van der Waals surface area contributed by atoms with Crippen molar-refractivity contribution in [3.05, 3.63) is 23.8 Å². The Morgan fingerprint density at radius 2 is 2.00 bits per heavy atom. The summed E-state index contributed by atoms with van der Waals surface area (Å²) in [5, 5.41) is 3.40. The molecule has 0 heterocycles. The van der Waals surface area contributed by atoms with Crippen LogP contribution in [0.25, 0.3) is 0 Å². The molecule has 0 saturated heterocycles. The Morgan fingerprint density at radius 1 is 1.15 bits per heavy atom. The minimum Gasteiger partial charge on any atom is -0.490 e. The van der Waals surface area contributed by atoms with Crippen LogP contribution in [0.5, 0.6) is 11.5 Å². The van der Waals surface area contributed by atoms with Gasteiger partial charge in [0.15, 0.2) is 11.5 Å². The van der Waals surface area contributed by atoms with Gasteiger partial charge in [0.1, 0.15) is 0 Å². The third-order valence-corrected chi connectivity index (χ3v) is 3.51. The summed E-state index contributed by atoms with van der Waals surface area (Å²) in [6.45, 7) is 7.49. The lowest BCUT2D eigenvalue weighted by Crippen LogP contribution is -2.14. The third-order valence-electron chi connectivity index (χ3n) is 2.81. The molecule has 0 aliphatic heterocycles. The van der Waals surface area contributed by atoms with Gasteiger partial charge in [0.25, 0.3) is 0 Å². The summed E-state index contributed by atoms with van der Waals surface area (Å²) in [5.41, 5.74) is 1.23. The van der Waals surface area contributed by atoms with Crippen LogP contribution in [-0.4, -0.2) is 31.8 Å². The molecule has 0 bridgehead atoms. The Bertz CT molecular complexity index is 371. The van der Waals surface area contributed by atoms with Gasteiger partial charge in [-0.3, -0.25) is 0 Å². The maximum absolute atomic E-state index is 5.81. The maximum atomic E-state index is 5.81. The molecule has 1 N–H and O–H groups in total. The van der Waals surface area contributed by atoms with Crippen LogP contribution in [0, 0.1) is 0 Å². The molecule has 0 fully saturated rings. The summed E-state index contributed by atoms with van der Waals surface area (Å²) in [4.78, 5) is 0. The summed E-state index contributed by atoms with van der Waals surface area (Å²) in [6, 6.07) is 6.21. The Balaban J connectivity index is 2.58. The van der Waals surface area contributed by atoms with E-state index in [9.17, 15) is 0 Å². The molecule has 0 aliphatic carbocycles. The standard InChI is InChI=1S/C16H27NO2S/c1-4-9-17-13-14-7-8-15(16(12-14)18-5-2)19-10-6-11-20-3/h7-8,12,17H,4-6,9-11,13H2,1-3H3. The van der Waals surface area contributed by atoms with E-state index in [1.54, 1.807) is 0 Å². The van der Waals surface area contributed by atoms with Crippen molar-refractivity contribution < 1.29 is 9.47 Å². The predicted octanol–water partition coefficient (Wildman–Crippen LogP) is 3.72. The molecule has 0 saturated carbocycles. The first-order valence-corrected chi connectivity index (χ1v) is 8.79. The van der Waals surface area contributed by atoms with E-state index in [2.05, 4.69) is 30.6 Å². The van der Waals surface area contributed by atoms with Crippen LogP contribution in [-0.2, 0) is 6.54 Å². The number of rotatable bonds is 11. The van der Waals surface area contributed by atoms with Gasteiger partial charge < -0.3 is 14.8 Å². The molecule has 1 aromatic carbocycles. The van der Waals surface area contributed by atoms with Crippen LogP contribution < -0.4 is 14.8 Å². The van der Waals surface area contributed by atoms with E-state index in [1.807, 2.05) is 24.8 Å². The lowest BCUT2D eigenvalue weighted by Gasteiger charge is -2.13. The average Bonchev–Trinajstić information content (AvgIpc) is 2.46. The van der Waals surface area contributed by atoms with E-state index in [-0.39, 0.29) is 0 Å². The minimum atomic E-state index is 0.660. The van der Waals surface area contributed by atoms with Gasteiger partial charge in [-0.2, -0.15) is 11.8 Å². The fourth-order valence-electron chi connectivity index (χ4n) is 1.84. The number of ether oxygens (including phenoxy) is 2. The molecule has 1 aromatic rings. The Labute approximate surface area is 127 Å². The summed E-state index contributed by atoms with van der Waals surface area (Å²) >= 11 is 1.85. The van der Waals surface area contributed by atoms with Gasteiger partial charge in [-0.05, 0) is 56.0 Å². The van der Waals surface area contributed by atoms with Crippen molar-refractivity contribution in [2.24, 2.45) is 0 Å². The number of nitrogens with one attached hydrogen (secondary N) is 1. The number of benzene rings is 1. The van der Waals surface area contributed by atoms with Gasteiger partial charge in [-0.15, -0.1) is 0 Å². The van der Waals surface area contributed by atoms with Gasteiger partial charge in [0, 0.05) is 6.54 Å². The molecule has 114 valence electrons. The zero-order valence-corrected chi connectivity index (χ0v) is 13.7. The van der Waals surface area contributed by atoms with Crippen molar-refractivity contribution in [2.45, 2.75) is 33.2 Å². The molecule has 0 spiro atoms. The highest BCUT2D eigenvalue weighted by Crippen LogP contribution is 2.28. The van der Waals surface area contributed by atoms with Crippen LogP contribution in [0.1, 0.15) is 32.3 Å². The Hall–Kier alpha value is -0.870. The van der Waals surface area contributed by atoms with Crippen LogP contribution in [0.2, 0.25) is 0 Å². The van der Waals surface area contributed by atoms with Gasteiger partial charge in [-0.1, -0.05) is 13.0 Å². The Kier molecular flexibility index (Phi) is 9.33. The number of hydrogen-bond donors (Lipinski definition) is 1. The van der Waals surface area contributed by atoms with E-state index in [0.29, 0.717) is 6.61 Å². The van der Waals surface area contributed by atoms with Crippen molar-refractivity contribution in [1.29, 1.82) is 0 Å². The monoisotopic (exact) mass is 297 g/mol. The molecule has 0 aromatic heterocycles. The minimum absolute atomic E-state index is 0.660. The first-order valence-electron chi connectivity index (χ1n) is 7.40. The highest BCUT2D eigenvalue weighted by atomic mass is 32.2. The Morgan fingerprint density at radius 3 is 2.70 bits per heavy atom. The second-order valence-corrected chi connectivity index (χ2v) is 5.57. The molecule has 0 unspecified atom stereocenters. The van der Waals surface area contributed by atoms with Crippen molar-refractivity contribution in [3.63, 3.8) is 0 Å². The zero-order valence-electron chi connectivity index (χ0n) is 12.9. The number of thioether (sulfide) groups is 1. The molecule has 4 heteroatoms. The van der Waals surface area contributed by atoms with E-state index in [4.69, 9.17) is 9.47 Å². The molecule has 0 aliphatic rings. The van der Waals surface area contributed by atoms with Crippen LogP contribution in [0.3, 0.4) is 0 Å². The maximum Gasteiger partial charge on any atom is 0.161 e. The van der Waals surface area contributed by atoms with Crippen molar-refractivity contribution >= 4 is 11.8 Å². The van der Waals surface area contributed by atoms with Gasteiger partial charge in [0.05, 0.1) is 13.2 Å². The van der Waals surface area contributed by atoms with Gasteiger partial charge in [-0.25, -0.2) is 0 Å². The quantitative estimate of drug-likeness (QED) is 0.631. The first-order chi connectivity index (χ1) is 9.81. The molecule has 3 nitrogen and oxygen atoms in total. The molecule has 0 amide bonds. The zero-order chi connectivity index (χ0) is 14.6. The van der Waals surface area contributed by atoms with Crippen molar-refractivity contribution in [2.75, 3.05) is 31.8 Å². The van der Waals surface area contributed by atoms with Crippen molar-refractivity contribution in [3.8, 4) is 11.5 Å². The van der Waals surface area contributed by atoms with Crippen LogP contribution >= 0.6 is 11.8 Å². The largest absolute Gasteiger partial charge is 0.490 e. The molecule has 0 radical (unpaired) electrons. The lowest BCUT2D eigenvalue weighted by atomic mass is 10.2. The molecule has 1 rings (SSSR count). The lowest BCUT2D eigenvalue weighted by molar-refractivity contribution is 0.277. The molecule has 0 atom stereocenters. The predicted molar refractivity (Wildman–Crippen MR) is 88.1 cm³/mol. The summed E-state index contributed by atoms with van der Waals surface area (Å²) in [6.07, 6.45) is 4.32. The normalized spacial score (nSPS) is 10.6. The third kappa shape index (κ3) is 6.53. The average molecular weight is 297 g/mol. The van der Waals surface area contributed by atoms with E-state index < -0.39 is 0 Å². The number of hydrogen-bond acceptors (Lipinski definition) is 4. The first kappa shape index (κ1) is 17.2. The molecular weight excluding hydrogens is 270 g/mol. The highest BCUT2D eigenvalue weighted by Gasteiger charge is 2.06. The van der Waals surface area contributed by atoms with E-state index >= 15 is 0 Å².